The van der Waals surface area contributed by atoms with Gasteiger partial charge in [0.1, 0.15) is 0 Å². The van der Waals surface area contributed by atoms with Crippen LogP contribution in [0.2, 0.25) is 0 Å². The number of rotatable bonds is 7. The van der Waals surface area contributed by atoms with Crippen molar-refractivity contribution in [2.45, 2.75) is 16.7 Å². The molecule has 1 fully saturated rings. The summed E-state index contributed by atoms with van der Waals surface area (Å²) in [6, 6.07) is 11.4. The number of hydrogen-bond acceptors (Lipinski definition) is 6. The summed E-state index contributed by atoms with van der Waals surface area (Å²) in [5.74, 6) is -0.437. The Morgan fingerprint density at radius 1 is 0.933 bits per heavy atom. The van der Waals surface area contributed by atoms with Gasteiger partial charge in [-0.05, 0) is 48.5 Å². The number of morpholine rings is 1. The molecule has 1 saturated heterocycles. The van der Waals surface area contributed by atoms with Crippen molar-refractivity contribution in [2.24, 2.45) is 0 Å². The monoisotopic (exact) mass is 453 g/mol. The third-order valence-electron chi connectivity index (χ3n) is 4.48. The molecule has 9 nitrogen and oxygen atoms in total. The third kappa shape index (κ3) is 5.05. The second kappa shape index (κ2) is 9.23. The summed E-state index contributed by atoms with van der Waals surface area (Å²) in [6.07, 6.45) is 0. The second-order valence-corrected chi connectivity index (χ2v) is 10.2. The normalized spacial score (nSPS) is 15.6. The van der Waals surface area contributed by atoms with Crippen LogP contribution in [0.4, 0.5) is 5.69 Å². The Labute approximate surface area is 176 Å². The van der Waals surface area contributed by atoms with E-state index in [4.69, 9.17) is 4.74 Å². The van der Waals surface area contributed by atoms with Gasteiger partial charge in [0.15, 0.2) is 0 Å². The Balaban J connectivity index is 1.69. The molecular formula is C19H23N3O6S2. The standard InChI is InChI=1S/C19H23N3O6S2/c1-2-20-29(24,25)17-9-5-16(6-10-17)21-19(23)15-3-7-18(8-4-15)30(26,27)22-11-13-28-14-12-22/h3-10,20H,2,11-14H2,1H3,(H,21,23). The van der Waals surface area contributed by atoms with Crippen molar-refractivity contribution in [3.05, 3.63) is 54.1 Å². The van der Waals surface area contributed by atoms with E-state index >= 15 is 0 Å². The van der Waals surface area contributed by atoms with Crippen LogP contribution in [0.25, 0.3) is 0 Å². The predicted octanol–water partition coefficient (Wildman–Crippen LogP) is 1.26. The predicted molar refractivity (Wildman–Crippen MR) is 111 cm³/mol. The van der Waals surface area contributed by atoms with E-state index in [0.29, 0.717) is 32.0 Å². The van der Waals surface area contributed by atoms with Gasteiger partial charge in [0.25, 0.3) is 5.91 Å². The summed E-state index contributed by atoms with van der Waals surface area (Å²) in [7, 11) is -7.20. The molecule has 0 saturated carbocycles. The van der Waals surface area contributed by atoms with E-state index in [1.165, 1.54) is 52.8 Å². The van der Waals surface area contributed by atoms with Gasteiger partial charge < -0.3 is 10.1 Å². The van der Waals surface area contributed by atoms with E-state index in [9.17, 15) is 21.6 Å². The largest absolute Gasteiger partial charge is 0.379 e. The first kappa shape index (κ1) is 22.4. The first-order valence-corrected chi connectivity index (χ1v) is 12.3. The number of benzene rings is 2. The fraction of sp³-hybridized carbons (Fsp3) is 0.316. The molecule has 2 N–H and O–H groups in total. The smallest absolute Gasteiger partial charge is 0.255 e. The maximum atomic E-state index is 12.6. The van der Waals surface area contributed by atoms with Gasteiger partial charge in [-0.1, -0.05) is 6.92 Å². The van der Waals surface area contributed by atoms with Gasteiger partial charge in [-0.15, -0.1) is 0 Å². The van der Waals surface area contributed by atoms with E-state index in [2.05, 4.69) is 10.0 Å². The minimum Gasteiger partial charge on any atom is -0.379 e. The van der Waals surface area contributed by atoms with Gasteiger partial charge in [0.05, 0.1) is 23.0 Å². The maximum Gasteiger partial charge on any atom is 0.255 e. The van der Waals surface area contributed by atoms with Crippen LogP contribution >= 0.6 is 0 Å². The Morgan fingerprint density at radius 3 is 2.07 bits per heavy atom. The van der Waals surface area contributed by atoms with Gasteiger partial charge in [0.2, 0.25) is 20.0 Å². The molecule has 162 valence electrons. The van der Waals surface area contributed by atoms with Crippen molar-refractivity contribution in [2.75, 3.05) is 38.2 Å². The number of nitrogens with one attached hydrogen (secondary N) is 2. The molecular weight excluding hydrogens is 430 g/mol. The summed E-state index contributed by atoms with van der Waals surface area (Å²) in [4.78, 5) is 12.7. The lowest BCUT2D eigenvalue weighted by Crippen LogP contribution is -2.40. The van der Waals surface area contributed by atoms with Gasteiger partial charge in [-0.3, -0.25) is 4.79 Å². The highest BCUT2D eigenvalue weighted by molar-refractivity contribution is 7.89. The highest BCUT2D eigenvalue weighted by Gasteiger charge is 2.26. The van der Waals surface area contributed by atoms with Crippen LogP contribution in [0.3, 0.4) is 0 Å². The first-order chi connectivity index (χ1) is 14.2. The zero-order valence-electron chi connectivity index (χ0n) is 16.4. The Bertz CT molecular complexity index is 1090. The SMILES string of the molecule is CCNS(=O)(=O)c1ccc(NC(=O)c2ccc(S(=O)(=O)N3CCOCC3)cc2)cc1. The van der Waals surface area contributed by atoms with Crippen molar-refractivity contribution in [1.29, 1.82) is 0 Å². The molecule has 0 unspecified atom stereocenters. The molecule has 0 bridgehead atoms. The van der Waals surface area contributed by atoms with Gasteiger partial charge in [-0.25, -0.2) is 21.6 Å². The molecule has 0 radical (unpaired) electrons. The lowest BCUT2D eigenvalue weighted by molar-refractivity contribution is 0.0730. The molecule has 1 aliphatic heterocycles. The molecule has 11 heteroatoms. The quantitative estimate of drug-likeness (QED) is 0.651. The van der Waals surface area contributed by atoms with Crippen molar-refractivity contribution in [3.63, 3.8) is 0 Å². The summed E-state index contributed by atoms with van der Waals surface area (Å²) in [6.45, 7) is 3.26. The molecule has 2 aromatic carbocycles. The van der Waals surface area contributed by atoms with Crippen LogP contribution in [0.15, 0.2) is 58.3 Å². The third-order valence-corrected chi connectivity index (χ3v) is 7.96. The van der Waals surface area contributed by atoms with Crippen molar-refractivity contribution in [3.8, 4) is 0 Å². The van der Waals surface area contributed by atoms with Crippen LogP contribution in [-0.2, 0) is 24.8 Å². The zero-order chi connectivity index (χ0) is 21.8. The number of sulfonamides is 2. The number of ether oxygens (including phenoxy) is 1. The summed E-state index contributed by atoms with van der Waals surface area (Å²) < 4.78 is 58.1. The number of nitrogens with zero attached hydrogens (tertiary/aromatic N) is 1. The molecule has 2 aromatic rings. The van der Waals surface area contributed by atoms with Crippen LogP contribution in [0, 0.1) is 0 Å². The van der Waals surface area contributed by atoms with E-state index in [1.807, 2.05) is 0 Å². The molecule has 1 aliphatic rings. The number of amides is 1. The Morgan fingerprint density at radius 2 is 1.50 bits per heavy atom. The number of carbonyl (C=O) groups is 1. The summed E-state index contributed by atoms with van der Waals surface area (Å²) in [5, 5.41) is 2.66. The highest BCUT2D eigenvalue weighted by atomic mass is 32.2. The summed E-state index contributed by atoms with van der Waals surface area (Å²) >= 11 is 0. The van der Waals surface area contributed by atoms with Crippen LogP contribution in [0.5, 0.6) is 0 Å². The van der Waals surface area contributed by atoms with E-state index in [1.54, 1.807) is 6.92 Å². The van der Waals surface area contributed by atoms with Crippen LogP contribution < -0.4 is 10.0 Å². The molecule has 3 rings (SSSR count). The lowest BCUT2D eigenvalue weighted by atomic mass is 10.2. The average Bonchev–Trinajstić information content (AvgIpc) is 2.75. The molecule has 30 heavy (non-hydrogen) atoms. The maximum absolute atomic E-state index is 12.6. The fourth-order valence-corrected chi connectivity index (χ4v) is 5.36. The zero-order valence-corrected chi connectivity index (χ0v) is 18.0. The Hall–Kier alpha value is -2.31. The van der Waals surface area contributed by atoms with Gasteiger partial charge in [0, 0.05) is 30.9 Å². The van der Waals surface area contributed by atoms with E-state index < -0.39 is 26.0 Å². The molecule has 0 aromatic heterocycles. The molecule has 0 aliphatic carbocycles. The minimum atomic E-state index is -3.63. The number of anilines is 1. The molecule has 1 heterocycles. The van der Waals surface area contributed by atoms with Crippen LogP contribution in [-0.4, -0.2) is 59.9 Å². The molecule has 0 spiro atoms. The first-order valence-electron chi connectivity index (χ1n) is 9.33. The molecule has 1 amide bonds. The summed E-state index contributed by atoms with van der Waals surface area (Å²) in [5.41, 5.74) is 0.695. The van der Waals surface area contributed by atoms with E-state index in [-0.39, 0.29) is 21.9 Å². The van der Waals surface area contributed by atoms with E-state index in [0.717, 1.165) is 0 Å². The van der Waals surface area contributed by atoms with Crippen molar-refractivity contribution in [1.82, 2.24) is 9.03 Å². The second-order valence-electron chi connectivity index (χ2n) is 6.52. The molecule has 0 atom stereocenters. The van der Waals surface area contributed by atoms with Gasteiger partial charge >= 0.3 is 0 Å². The minimum absolute atomic E-state index is 0.0972. The topological polar surface area (TPSA) is 122 Å². The fourth-order valence-electron chi connectivity index (χ4n) is 2.91. The van der Waals surface area contributed by atoms with Crippen LogP contribution in [0.1, 0.15) is 17.3 Å². The van der Waals surface area contributed by atoms with Crippen molar-refractivity contribution >= 4 is 31.6 Å². The van der Waals surface area contributed by atoms with Gasteiger partial charge in [-0.2, -0.15) is 4.31 Å². The number of hydrogen-bond donors (Lipinski definition) is 2. The number of carbonyl (C=O) groups excluding carboxylic acids is 1. The average molecular weight is 454 g/mol. The lowest BCUT2D eigenvalue weighted by Gasteiger charge is -2.26. The Kier molecular flexibility index (Phi) is 6.88. The van der Waals surface area contributed by atoms with Crippen molar-refractivity contribution < 1.29 is 26.4 Å². The highest BCUT2D eigenvalue weighted by Crippen LogP contribution is 2.19.